The largest absolute Gasteiger partial charge is 0.332 e. The summed E-state index contributed by atoms with van der Waals surface area (Å²) in [6, 6.07) is 12.1. The maximum atomic E-state index is 12.4. The highest BCUT2D eigenvalue weighted by Gasteiger charge is 2.21. The van der Waals surface area contributed by atoms with Gasteiger partial charge in [0.15, 0.2) is 9.84 Å². The van der Waals surface area contributed by atoms with Crippen molar-refractivity contribution in [2.45, 2.75) is 38.5 Å². The summed E-state index contributed by atoms with van der Waals surface area (Å²) in [7, 11) is -3.17. The lowest BCUT2D eigenvalue weighted by Crippen LogP contribution is -2.29. The third kappa shape index (κ3) is 6.54. The molecule has 0 atom stereocenters. The van der Waals surface area contributed by atoms with Crippen molar-refractivity contribution >= 4 is 33.2 Å². The summed E-state index contributed by atoms with van der Waals surface area (Å²) in [5.74, 6) is -0.150. The highest BCUT2D eigenvalue weighted by molar-refractivity contribution is 7.89. The summed E-state index contributed by atoms with van der Waals surface area (Å²) in [5, 5.41) is 10.8. The van der Waals surface area contributed by atoms with Gasteiger partial charge in [-0.2, -0.15) is 5.10 Å². The van der Waals surface area contributed by atoms with Gasteiger partial charge in [0, 0.05) is 16.7 Å². The molecule has 32 heavy (non-hydrogen) atoms. The summed E-state index contributed by atoms with van der Waals surface area (Å²) < 4.78 is 24.5. The number of halogens is 1. The summed E-state index contributed by atoms with van der Waals surface area (Å²) in [5.41, 5.74) is 3.20. The molecule has 0 saturated heterocycles. The number of anilines is 1. The van der Waals surface area contributed by atoms with Crippen LogP contribution in [0.3, 0.4) is 0 Å². The van der Waals surface area contributed by atoms with Crippen LogP contribution in [0.1, 0.15) is 37.9 Å². The van der Waals surface area contributed by atoms with Crippen LogP contribution >= 0.6 is 11.6 Å². The van der Waals surface area contributed by atoms with Crippen molar-refractivity contribution in [3.8, 4) is 5.69 Å². The van der Waals surface area contributed by atoms with E-state index < -0.39 is 15.9 Å². The first-order valence-electron chi connectivity index (χ1n) is 9.93. The number of carbonyl (C=O) groups excluding carboxylic acids is 1. The van der Waals surface area contributed by atoms with Crippen LogP contribution < -0.4 is 10.6 Å². The van der Waals surface area contributed by atoms with E-state index in [1.54, 1.807) is 22.9 Å². The monoisotopic (exact) mass is 475 g/mol. The van der Waals surface area contributed by atoms with Crippen molar-refractivity contribution in [2.24, 2.45) is 0 Å². The van der Waals surface area contributed by atoms with Crippen LogP contribution in [-0.2, 0) is 27.5 Å². The third-order valence-electron chi connectivity index (χ3n) is 4.53. The summed E-state index contributed by atoms with van der Waals surface area (Å²) in [6.45, 7) is 6.45. The number of sulfone groups is 1. The van der Waals surface area contributed by atoms with Crippen LogP contribution in [0.4, 0.5) is 10.5 Å². The number of nitrogens with zero attached hydrogens (tertiary/aromatic N) is 3. The molecule has 0 aliphatic carbocycles. The summed E-state index contributed by atoms with van der Waals surface area (Å²) in [4.78, 5) is 16.5. The van der Waals surface area contributed by atoms with E-state index >= 15 is 0 Å². The van der Waals surface area contributed by atoms with E-state index in [-0.39, 0.29) is 17.7 Å². The zero-order valence-electron chi connectivity index (χ0n) is 18.4. The smallest absolute Gasteiger partial charge is 0.319 e. The van der Waals surface area contributed by atoms with E-state index in [0.717, 1.165) is 23.3 Å². The Hall–Kier alpha value is -2.91. The van der Waals surface area contributed by atoms with Gasteiger partial charge < -0.3 is 10.6 Å². The Bertz CT molecular complexity index is 1220. The number of hydrogen-bond donors (Lipinski definition) is 2. The topological polar surface area (TPSA) is 106 Å². The van der Waals surface area contributed by atoms with E-state index in [1.165, 1.54) is 6.20 Å². The van der Waals surface area contributed by atoms with Crippen LogP contribution in [0.2, 0.25) is 5.02 Å². The number of hydrogen-bond acceptors (Lipinski definition) is 5. The van der Waals surface area contributed by atoms with E-state index in [4.69, 9.17) is 16.7 Å². The Morgan fingerprint density at radius 3 is 2.50 bits per heavy atom. The third-order valence-corrected chi connectivity index (χ3v) is 5.58. The Labute approximate surface area is 192 Å². The molecule has 1 aromatic carbocycles. The molecule has 3 aromatic rings. The fraction of sp³-hybridized carbons (Fsp3) is 0.318. The lowest BCUT2D eigenvalue weighted by Gasteiger charge is -2.14. The zero-order chi connectivity index (χ0) is 23.5. The molecular formula is C22H26ClN5O3S. The first-order valence-corrected chi connectivity index (χ1v) is 12.4. The first kappa shape index (κ1) is 23.7. The van der Waals surface area contributed by atoms with Gasteiger partial charge in [-0.3, -0.25) is 4.98 Å². The molecule has 0 bridgehead atoms. The van der Waals surface area contributed by atoms with Gasteiger partial charge in [0.2, 0.25) is 0 Å². The van der Waals surface area contributed by atoms with Gasteiger partial charge >= 0.3 is 6.03 Å². The molecule has 0 saturated carbocycles. The summed E-state index contributed by atoms with van der Waals surface area (Å²) in [6.07, 6.45) is 2.57. The molecule has 3 rings (SSSR count). The molecule has 10 heteroatoms. The predicted octanol–water partition coefficient (Wildman–Crippen LogP) is 4.08. The fourth-order valence-corrected chi connectivity index (χ4v) is 3.83. The molecule has 2 N–H and O–H groups in total. The Balaban J connectivity index is 1.72. The van der Waals surface area contributed by atoms with Gasteiger partial charge in [-0.1, -0.05) is 38.4 Å². The molecule has 0 spiro atoms. The van der Waals surface area contributed by atoms with Gasteiger partial charge in [0.25, 0.3) is 0 Å². The van der Waals surface area contributed by atoms with Gasteiger partial charge in [-0.05, 0) is 36.4 Å². The summed E-state index contributed by atoms with van der Waals surface area (Å²) >= 11 is 6.15. The van der Waals surface area contributed by atoms with Crippen molar-refractivity contribution in [1.82, 2.24) is 20.1 Å². The highest BCUT2D eigenvalue weighted by atomic mass is 35.5. The highest BCUT2D eigenvalue weighted by Crippen LogP contribution is 2.24. The molecule has 0 unspecified atom stereocenters. The van der Waals surface area contributed by atoms with E-state index in [2.05, 4.69) is 36.4 Å². The van der Waals surface area contributed by atoms with Crippen molar-refractivity contribution in [3.63, 3.8) is 0 Å². The molecule has 2 amide bonds. The molecule has 0 fully saturated rings. The quantitative estimate of drug-likeness (QED) is 0.558. The van der Waals surface area contributed by atoms with Gasteiger partial charge in [-0.15, -0.1) is 0 Å². The molecule has 2 aromatic heterocycles. The van der Waals surface area contributed by atoms with E-state index in [9.17, 15) is 13.2 Å². The second-order valence-electron chi connectivity index (χ2n) is 8.58. The van der Waals surface area contributed by atoms with Crippen LogP contribution in [0.25, 0.3) is 5.69 Å². The number of benzene rings is 1. The average Bonchev–Trinajstić information content (AvgIpc) is 3.12. The number of amides is 2. The molecule has 8 nitrogen and oxygen atoms in total. The second-order valence-corrected chi connectivity index (χ2v) is 11.2. The zero-order valence-corrected chi connectivity index (χ0v) is 20.0. The number of rotatable bonds is 6. The maximum Gasteiger partial charge on any atom is 0.319 e. The first-order chi connectivity index (χ1) is 14.9. The van der Waals surface area contributed by atoms with Crippen molar-refractivity contribution in [1.29, 1.82) is 0 Å². The van der Waals surface area contributed by atoms with Crippen LogP contribution in [0.15, 0.2) is 48.7 Å². The minimum atomic E-state index is -3.17. The Morgan fingerprint density at radius 1 is 1.16 bits per heavy atom. The standard InChI is InChI=1S/C22H26ClN5O3S/c1-22(2,3)20-11-19(28(27-20)18-7-5-6-15(23)10-18)13-25-21(29)26-16-8-9-17(24-12-16)14-32(4,30)31/h5-12H,13-14H2,1-4H3,(H2,25,26,29). The van der Waals surface area contributed by atoms with E-state index in [1.807, 2.05) is 24.3 Å². The van der Waals surface area contributed by atoms with Gasteiger partial charge in [0.1, 0.15) is 0 Å². The van der Waals surface area contributed by atoms with Crippen LogP contribution in [0, 0.1) is 0 Å². The van der Waals surface area contributed by atoms with Gasteiger partial charge in [0.05, 0.1) is 47.0 Å². The molecular weight excluding hydrogens is 450 g/mol. The van der Waals surface area contributed by atoms with E-state index in [0.29, 0.717) is 16.4 Å². The van der Waals surface area contributed by atoms with Crippen LogP contribution in [-0.4, -0.2) is 35.5 Å². The normalized spacial score (nSPS) is 11.9. The fourth-order valence-electron chi connectivity index (χ4n) is 2.94. The molecule has 2 heterocycles. The predicted molar refractivity (Wildman–Crippen MR) is 126 cm³/mol. The average molecular weight is 476 g/mol. The molecule has 170 valence electrons. The Kier molecular flexibility index (Phi) is 6.90. The second kappa shape index (κ2) is 9.30. The van der Waals surface area contributed by atoms with Crippen LogP contribution in [0.5, 0.6) is 0 Å². The lowest BCUT2D eigenvalue weighted by atomic mass is 9.92. The molecule has 0 radical (unpaired) electrons. The molecule has 0 aliphatic rings. The van der Waals surface area contributed by atoms with Crippen molar-refractivity contribution in [3.05, 3.63) is 70.8 Å². The number of aromatic nitrogens is 3. The van der Waals surface area contributed by atoms with Gasteiger partial charge in [-0.25, -0.2) is 17.9 Å². The Morgan fingerprint density at radius 2 is 1.91 bits per heavy atom. The number of nitrogens with one attached hydrogen (secondary N) is 2. The van der Waals surface area contributed by atoms with Crippen molar-refractivity contribution in [2.75, 3.05) is 11.6 Å². The maximum absolute atomic E-state index is 12.4. The molecule has 0 aliphatic heterocycles. The number of carbonyl (C=O) groups is 1. The minimum absolute atomic E-state index is 0.150. The van der Waals surface area contributed by atoms with Crippen molar-refractivity contribution < 1.29 is 13.2 Å². The lowest BCUT2D eigenvalue weighted by molar-refractivity contribution is 0.251. The minimum Gasteiger partial charge on any atom is -0.332 e. The number of urea groups is 1. The number of pyridine rings is 1. The SMILES string of the molecule is CC(C)(C)c1cc(CNC(=O)Nc2ccc(CS(C)(=O)=O)nc2)n(-c2cccc(Cl)c2)n1.